The Morgan fingerprint density at radius 1 is 1.12 bits per heavy atom. The smallest absolute Gasteiger partial charge is 0.226 e. The summed E-state index contributed by atoms with van der Waals surface area (Å²) in [5.74, 6) is -0.125. The predicted octanol–water partition coefficient (Wildman–Crippen LogP) is 4.26. The summed E-state index contributed by atoms with van der Waals surface area (Å²) in [6, 6.07) is 11.0. The molecule has 0 radical (unpaired) electrons. The van der Waals surface area contributed by atoms with Crippen LogP contribution in [0.3, 0.4) is 0 Å². The maximum absolute atomic E-state index is 13.7. The number of nitrogens with zero attached hydrogens (tertiary/aromatic N) is 2. The SMILES string of the molecule is COc1ccc(CN(C)Cc2coc(-c3cccc(F)c3)n2)cc1F. The lowest BCUT2D eigenvalue weighted by Crippen LogP contribution is -2.17. The van der Waals surface area contributed by atoms with Crippen LogP contribution in [0.25, 0.3) is 11.5 Å². The molecule has 0 spiro atoms. The van der Waals surface area contributed by atoms with Gasteiger partial charge in [0.1, 0.15) is 12.1 Å². The first-order valence-electron chi connectivity index (χ1n) is 7.76. The van der Waals surface area contributed by atoms with Crippen molar-refractivity contribution in [1.82, 2.24) is 9.88 Å². The van der Waals surface area contributed by atoms with Gasteiger partial charge in [0.2, 0.25) is 5.89 Å². The molecule has 1 heterocycles. The first-order chi connectivity index (χ1) is 12.0. The summed E-state index contributed by atoms with van der Waals surface area (Å²) in [6.07, 6.45) is 1.55. The normalized spacial score (nSPS) is 11.1. The van der Waals surface area contributed by atoms with E-state index in [0.717, 1.165) is 11.3 Å². The maximum atomic E-state index is 13.7. The number of oxazole rings is 1. The van der Waals surface area contributed by atoms with Crippen molar-refractivity contribution >= 4 is 0 Å². The molecule has 0 bridgehead atoms. The standard InChI is InChI=1S/C19H18F2N2O2/c1-23(10-13-6-7-18(24-2)17(21)8-13)11-16-12-25-19(22-16)14-4-3-5-15(20)9-14/h3-9,12H,10-11H2,1-2H3. The van der Waals surface area contributed by atoms with E-state index in [-0.39, 0.29) is 17.4 Å². The van der Waals surface area contributed by atoms with Crippen molar-refractivity contribution in [2.24, 2.45) is 0 Å². The molecule has 0 saturated heterocycles. The molecule has 0 amide bonds. The van der Waals surface area contributed by atoms with Crippen molar-refractivity contribution < 1.29 is 17.9 Å². The molecule has 2 aromatic carbocycles. The molecule has 0 aliphatic heterocycles. The van der Waals surface area contributed by atoms with Gasteiger partial charge in [-0.15, -0.1) is 0 Å². The Morgan fingerprint density at radius 3 is 2.68 bits per heavy atom. The van der Waals surface area contributed by atoms with E-state index < -0.39 is 0 Å². The molecular formula is C19H18F2N2O2. The lowest BCUT2D eigenvalue weighted by atomic mass is 10.2. The second-order valence-corrected chi connectivity index (χ2v) is 5.80. The highest BCUT2D eigenvalue weighted by molar-refractivity contribution is 5.52. The second kappa shape index (κ2) is 7.44. The van der Waals surface area contributed by atoms with Gasteiger partial charge in [-0.05, 0) is 42.9 Å². The zero-order valence-electron chi connectivity index (χ0n) is 14.0. The van der Waals surface area contributed by atoms with Crippen molar-refractivity contribution in [2.45, 2.75) is 13.1 Å². The average Bonchev–Trinajstić information content (AvgIpc) is 3.03. The fourth-order valence-corrected chi connectivity index (χ4v) is 2.59. The summed E-state index contributed by atoms with van der Waals surface area (Å²) in [4.78, 5) is 6.36. The second-order valence-electron chi connectivity index (χ2n) is 5.80. The summed E-state index contributed by atoms with van der Waals surface area (Å²) in [6.45, 7) is 1.07. The first kappa shape index (κ1) is 17.1. The third-order valence-corrected chi connectivity index (χ3v) is 3.72. The van der Waals surface area contributed by atoms with Gasteiger partial charge in [-0.3, -0.25) is 4.90 Å². The molecule has 0 aliphatic rings. The minimum Gasteiger partial charge on any atom is -0.494 e. The highest BCUT2D eigenvalue weighted by Crippen LogP contribution is 2.21. The lowest BCUT2D eigenvalue weighted by molar-refractivity contribution is 0.313. The van der Waals surface area contributed by atoms with E-state index in [1.807, 2.05) is 18.0 Å². The fourth-order valence-electron chi connectivity index (χ4n) is 2.59. The van der Waals surface area contributed by atoms with Crippen LogP contribution in [0.2, 0.25) is 0 Å². The molecule has 0 unspecified atom stereocenters. The van der Waals surface area contributed by atoms with E-state index >= 15 is 0 Å². The van der Waals surface area contributed by atoms with Crippen LogP contribution in [0.5, 0.6) is 5.75 Å². The highest BCUT2D eigenvalue weighted by atomic mass is 19.1. The van der Waals surface area contributed by atoms with Crippen LogP contribution >= 0.6 is 0 Å². The molecule has 1 aromatic heterocycles. The van der Waals surface area contributed by atoms with Crippen LogP contribution in [-0.4, -0.2) is 24.0 Å². The van der Waals surface area contributed by atoms with E-state index in [4.69, 9.17) is 9.15 Å². The van der Waals surface area contributed by atoms with Crippen molar-refractivity contribution in [3.63, 3.8) is 0 Å². The lowest BCUT2D eigenvalue weighted by Gasteiger charge is -2.15. The zero-order chi connectivity index (χ0) is 17.8. The van der Waals surface area contributed by atoms with Crippen molar-refractivity contribution in [2.75, 3.05) is 14.2 Å². The van der Waals surface area contributed by atoms with Crippen LogP contribution in [0.1, 0.15) is 11.3 Å². The van der Waals surface area contributed by atoms with Gasteiger partial charge < -0.3 is 9.15 Å². The summed E-state index contributed by atoms with van der Waals surface area (Å²) in [5.41, 5.74) is 2.14. The largest absolute Gasteiger partial charge is 0.494 e. The topological polar surface area (TPSA) is 38.5 Å². The molecule has 25 heavy (non-hydrogen) atoms. The molecule has 4 nitrogen and oxygen atoms in total. The minimum atomic E-state index is -0.386. The predicted molar refractivity (Wildman–Crippen MR) is 90.0 cm³/mol. The van der Waals surface area contributed by atoms with Crippen molar-refractivity contribution in [3.8, 4) is 17.2 Å². The number of halogens is 2. The van der Waals surface area contributed by atoms with Gasteiger partial charge in [0.25, 0.3) is 0 Å². The summed E-state index contributed by atoms with van der Waals surface area (Å²) in [7, 11) is 3.34. The number of hydrogen-bond donors (Lipinski definition) is 0. The Hall–Kier alpha value is -2.73. The number of methoxy groups -OCH3 is 1. The average molecular weight is 344 g/mol. The summed E-state index contributed by atoms with van der Waals surface area (Å²) < 4.78 is 37.4. The molecule has 3 aromatic rings. The summed E-state index contributed by atoms with van der Waals surface area (Å²) in [5, 5.41) is 0. The molecule has 0 atom stereocenters. The Kier molecular flexibility index (Phi) is 5.09. The van der Waals surface area contributed by atoms with Crippen molar-refractivity contribution in [3.05, 3.63) is 71.6 Å². The van der Waals surface area contributed by atoms with Gasteiger partial charge in [-0.2, -0.15) is 0 Å². The van der Waals surface area contributed by atoms with Gasteiger partial charge in [0.05, 0.1) is 12.8 Å². The van der Waals surface area contributed by atoms with E-state index in [2.05, 4.69) is 4.98 Å². The fraction of sp³-hybridized carbons (Fsp3) is 0.211. The number of ether oxygens (including phenoxy) is 1. The Balaban J connectivity index is 1.65. The molecule has 0 saturated carbocycles. The van der Waals surface area contributed by atoms with Gasteiger partial charge in [0, 0.05) is 18.7 Å². The van der Waals surface area contributed by atoms with Gasteiger partial charge >= 0.3 is 0 Å². The van der Waals surface area contributed by atoms with Crippen LogP contribution in [0, 0.1) is 11.6 Å². The molecule has 6 heteroatoms. The van der Waals surface area contributed by atoms with Crippen LogP contribution in [0.4, 0.5) is 8.78 Å². The van der Waals surface area contributed by atoms with E-state index in [9.17, 15) is 8.78 Å². The number of hydrogen-bond acceptors (Lipinski definition) is 4. The zero-order valence-corrected chi connectivity index (χ0v) is 14.0. The highest BCUT2D eigenvalue weighted by Gasteiger charge is 2.11. The monoisotopic (exact) mass is 344 g/mol. The third-order valence-electron chi connectivity index (χ3n) is 3.72. The summed E-state index contributed by atoms with van der Waals surface area (Å²) >= 11 is 0. The number of aromatic nitrogens is 1. The molecule has 0 N–H and O–H groups in total. The first-order valence-corrected chi connectivity index (χ1v) is 7.76. The van der Waals surface area contributed by atoms with E-state index in [0.29, 0.717) is 24.5 Å². The van der Waals surface area contributed by atoms with Crippen molar-refractivity contribution in [1.29, 1.82) is 0 Å². The van der Waals surface area contributed by atoms with Gasteiger partial charge in [-0.1, -0.05) is 12.1 Å². The molecule has 0 aliphatic carbocycles. The van der Waals surface area contributed by atoms with Gasteiger partial charge in [0.15, 0.2) is 11.6 Å². The Morgan fingerprint density at radius 2 is 1.96 bits per heavy atom. The van der Waals surface area contributed by atoms with Crippen LogP contribution < -0.4 is 4.74 Å². The van der Waals surface area contributed by atoms with Crippen LogP contribution in [-0.2, 0) is 13.1 Å². The third kappa shape index (κ3) is 4.22. The molecule has 3 rings (SSSR count). The molecular weight excluding hydrogens is 326 g/mol. The Bertz CT molecular complexity index is 864. The number of benzene rings is 2. The van der Waals surface area contributed by atoms with Gasteiger partial charge in [-0.25, -0.2) is 13.8 Å². The Labute approximate surface area is 144 Å². The molecule has 130 valence electrons. The number of rotatable bonds is 6. The maximum Gasteiger partial charge on any atom is 0.226 e. The van der Waals surface area contributed by atoms with E-state index in [1.165, 1.54) is 25.3 Å². The van der Waals surface area contributed by atoms with E-state index in [1.54, 1.807) is 24.5 Å². The minimum absolute atomic E-state index is 0.225. The van der Waals surface area contributed by atoms with Crippen LogP contribution in [0.15, 0.2) is 53.1 Å². The molecule has 0 fully saturated rings. The quantitative estimate of drug-likeness (QED) is 0.670.